The summed E-state index contributed by atoms with van der Waals surface area (Å²) in [5.41, 5.74) is -0.739. The summed E-state index contributed by atoms with van der Waals surface area (Å²) in [4.78, 5) is 3.92. The first-order chi connectivity index (χ1) is 8.86. The van der Waals surface area contributed by atoms with E-state index >= 15 is 0 Å². The maximum atomic E-state index is 12.8. The largest absolute Gasteiger partial charge is 0.444 e. The lowest BCUT2D eigenvalue weighted by atomic mass is 10.1. The van der Waals surface area contributed by atoms with Gasteiger partial charge in [0.1, 0.15) is 5.76 Å². The highest BCUT2D eigenvalue weighted by Crippen LogP contribution is 2.36. The third-order valence-electron chi connectivity index (χ3n) is 2.39. The maximum absolute atomic E-state index is 12.8. The number of aryl methyl sites for hydroxylation is 1. The number of nitrogens with one attached hydrogen (secondary N) is 1. The van der Waals surface area contributed by atoms with Gasteiger partial charge < -0.3 is 9.73 Å². The lowest BCUT2D eigenvalue weighted by Crippen LogP contribution is -2.11. The summed E-state index contributed by atoms with van der Waals surface area (Å²) in [5.74, 6) is 0.952. The van der Waals surface area contributed by atoms with Crippen LogP contribution in [0.3, 0.4) is 0 Å². The van der Waals surface area contributed by atoms with E-state index in [4.69, 9.17) is 4.42 Å². The standard InChI is InChI=1S/C12H10BrF3N2O/c1-7-5-18-11(19-7)6-17-10-4-8(13)2-3-9(10)12(14,15)16/h2-5,17H,6H2,1H3. The minimum absolute atomic E-state index is 0.0160. The van der Waals surface area contributed by atoms with Crippen molar-refractivity contribution in [2.24, 2.45) is 0 Å². The van der Waals surface area contributed by atoms with Crippen molar-refractivity contribution in [2.75, 3.05) is 5.32 Å². The Kier molecular flexibility index (Phi) is 3.84. The summed E-state index contributed by atoms with van der Waals surface area (Å²) in [6.45, 7) is 1.81. The first-order valence-electron chi connectivity index (χ1n) is 5.38. The van der Waals surface area contributed by atoms with Crippen molar-refractivity contribution in [2.45, 2.75) is 19.6 Å². The number of benzene rings is 1. The highest BCUT2D eigenvalue weighted by molar-refractivity contribution is 9.10. The lowest BCUT2D eigenvalue weighted by molar-refractivity contribution is -0.137. The summed E-state index contributed by atoms with van der Waals surface area (Å²) in [6, 6.07) is 3.75. The van der Waals surface area contributed by atoms with E-state index in [0.29, 0.717) is 16.1 Å². The summed E-state index contributed by atoms with van der Waals surface area (Å²) >= 11 is 3.15. The predicted molar refractivity (Wildman–Crippen MR) is 67.7 cm³/mol. The molecule has 1 aromatic carbocycles. The van der Waals surface area contributed by atoms with Gasteiger partial charge in [0.05, 0.1) is 18.3 Å². The number of nitrogens with zero attached hydrogens (tertiary/aromatic N) is 1. The summed E-state index contributed by atoms with van der Waals surface area (Å²) in [5, 5.41) is 2.68. The zero-order valence-corrected chi connectivity index (χ0v) is 11.5. The number of hydrogen-bond acceptors (Lipinski definition) is 3. The molecule has 0 fully saturated rings. The molecule has 0 saturated carbocycles. The summed E-state index contributed by atoms with van der Waals surface area (Å²) in [6.07, 6.45) is -2.89. The van der Waals surface area contributed by atoms with Crippen molar-refractivity contribution >= 4 is 21.6 Å². The van der Waals surface area contributed by atoms with Crippen molar-refractivity contribution in [3.8, 4) is 0 Å². The second-order valence-electron chi connectivity index (χ2n) is 3.91. The molecule has 0 radical (unpaired) electrons. The number of alkyl halides is 3. The Balaban J connectivity index is 2.21. The maximum Gasteiger partial charge on any atom is 0.418 e. The molecule has 3 nitrogen and oxygen atoms in total. The molecule has 0 bridgehead atoms. The smallest absolute Gasteiger partial charge is 0.418 e. The van der Waals surface area contributed by atoms with Crippen LogP contribution in [0.2, 0.25) is 0 Å². The van der Waals surface area contributed by atoms with E-state index < -0.39 is 11.7 Å². The molecular formula is C12H10BrF3N2O. The molecule has 0 aliphatic carbocycles. The van der Waals surface area contributed by atoms with Crippen LogP contribution >= 0.6 is 15.9 Å². The molecule has 2 rings (SSSR count). The van der Waals surface area contributed by atoms with Gasteiger partial charge in [0, 0.05) is 10.2 Å². The van der Waals surface area contributed by atoms with Crippen LogP contribution < -0.4 is 5.32 Å². The number of aromatic nitrogens is 1. The highest BCUT2D eigenvalue weighted by atomic mass is 79.9. The monoisotopic (exact) mass is 334 g/mol. The molecular weight excluding hydrogens is 325 g/mol. The molecule has 102 valence electrons. The van der Waals surface area contributed by atoms with E-state index in [9.17, 15) is 13.2 Å². The predicted octanol–water partition coefficient (Wildman–Crippen LogP) is 4.38. The fourth-order valence-corrected chi connectivity index (χ4v) is 1.93. The lowest BCUT2D eigenvalue weighted by Gasteiger charge is -2.14. The molecule has 1 heterocycles. The van der Waals surface area contributed by atoms with Gasteiger partial charge in [0.15, 0.2) is 0 Å². The van der Waals surface area contributed by atoms with Gasteiger partial charge >= 0.3 is 6.18 Å². The van der Waals surface area contributed by atoms with Crippen LogP contribution in [0.15, 0.2) is 33.3 Å². The Morgan fingerprint density at radius 1 is 1.37 bits per heavy atom. The van der Waals surface area contributed by atoms with E-state index in [1.807, 2.05) is 0 Å². The summed E-state index contributed by atoms with van der Waals surface area (Å²) in [7, 11) is 0. The van der Waals surface area contributed by atoms with E-state index in [2.05, 4.69) is 26.2 Å². The number of rotatable bonds is 3. The van der Waals surface area contributed by atoms with Gasteiger partial charge in [-0.25, -0.2) is 4.98 Å². The van der Waals surface area contributed by atoms with Gasteiger partial charge in [-0.2, -0.15) is 13.2 Å². The molecule has 0 saturated heterocycles. The minimum Gasteiger partial charge on any atom is -0.444 e. The normalized spacial score (nSPS) is 11.6. The number of oxazole rings is 1. The van der Waals surface area contributed by atoms with E-state index in [1.165, 1.54) is 18.3 Å². The second-order valence-corrected chi connectivity index (χ2v) is 4.82. The quantitative estimate of drug-likeness (QED) is 0.905. The molecule has 0 atom stereocenters. The first kappa shape index (κ1) is 13.9. The first-order valence-corrected chi connectivity index (χ1v) is 6.17. The Hall–Kier alpha value is -1.50. The fourth-order valence-electron chi connectivity index (χ4n) is 1.56. The number of halogens is 4. The second kappa shape index (κ2) is 5.24. The van der Waals surface area contributed by atoms with Gasteiger partial charge in [-0.1, -0.05) is 15.9 Å². The van der Waals surface area contributed by atoms with Crippen LogP contribution in [0.4, 0.5) is 18.9 Å². The Labute approximate surface area is 116 Å². The van der Waals surface area contributed by atoms with Crippen LogP contribution in [0.1, 0.15) is 17.2 Å². The zero-order chi connectivity index (χ0) is 14.0. The van der Waals surface area contributed by atoms with Crippen molar-refractivity contribution in [3.05, 3.63) is 46.1 Å². The third-order valence-corrected chi connectivity index (χ3v) is 2.88. The van der Waals surface area contributed by atoms with Crippen LogP contribution in [-0.2, 0) is 12.7 Å². The average Bonchev–Trinajstić information content (AvgIpc) is 2.71. The van der Waals surface area contributed by atoms with Gasteiger partial charge in [-0.15, -0.1) is 0 Å². The molecule has 1 N–H and O–H groups in total. The molecule has 0 aliphatic rings. The number of anilines is 1. The molecule has 2 aromatic rings. The number of hydrogen-bond donors (Lipinski definition) is 1. The third kappa shape index (κ3) is 3.50. The SMILES string of the molecule is Cc1cnc(CNc2cc(Br)ccc2C(F)(F)F)o1. The van der Waals surface area contributed by atoms with Crippen LogP contribution in [0.5, 0.6) is 0 Å². The topological polar surface area (TPSA) is 38.1 Å². The Morgan fingerprint density at radius 2 is 2.11 bits per heavy atom. The van der Waals surface area contributed by atoms with Gasteiger partial charge in [0.2, 0.25) is 5.89 Å². The summed E-state index contributed by atoms with van der Waals surface area (Å²) < 4.78 is 44.2. The molecule has 1 aromatic heterocycles. The molecule has 0 unspecified atom stereocenters. The highest BCUT2D eigenvalue weighted by Gasteiger charge is 2.33. The Morgan fingerprint density at radius 3 is 2.68 bits per heavy atom. The molecule has 0 amide bonds. The molecule has 19 heavy (non-hydrogen) atoms. The molecule has 0 spiro atoms. The van der Waals surface area contributed by atoms with Crippen LogP contribution in [0, 0.1) is 6.92 Å². The van der Waals surface area contributed by atoms with Crippen molar-refractivity contribution in [1.82, 2.24) is 4.98 Å². The van der Waals surface area contributed by atoms with E-state index in [-0.39, 0.29) is 12.2 Å². The molecule has 7 heteroatoms. The average molecular weight is 335 g/mol. The van der Waals surface area contributed by atoms with Gasteiger partial charge in [-0.3, -0.25) is 0 Å². The van der Waals surface area contributed by atoms with Crippen molar-refractivity contribution in [1.29, 1.82) is 0 Å². The minimum atomic E-state index is -4.41. The van der Waals surface area contributed by atoms with Crippen molar-refractivity contribution < 1.29 is 17.6 Å². The zero-order valence-electron chi connectivity index (χ0n) is 9.88. The fraction of sp³-hybridized carbons (Fsp3) is 0.250. The van der Waals surface area contributed by atoms with E-state index in [1.54, 1.807) is 6.92 Å². The van der Waals surface area contributed by atoms with Crippen molar-refractivity contribution in [3.63, 3.8) is 0 Å². The molecule has 0 aliphatic heterocycles. The van der Waals surface area contributed by atoms with Gasteiger partial charge in [-0.05, 0) is 25.1 Å². The van der Waals surface area contributed by atoms with E-state index in [0.717, 1.165) is 6.07 Å². The van der Waals surface area contributed by atoms with Crippen LogP contribution in [0.25, 0.3) is 0 Å². The van der Waals surface area contributed by atoms with Gasteiger partial charge in [0.25, 0.3) is 0 Å². The Bertz CT molecular complexity index is 581. The van der Waals surface area contributed by atoms with Crippen LogP contribution in [-0.4, -0.2) is 4.98 Å².